The number of hydrogen-bond donors (Lipinski definition) is 5. The Morgan fingerprint density at radius 2 is 1.84 bits per heavy atom. The number of anilines is 3. The maximum Gasteiger partial charge on any atom is 0.416 e. The lowest BCUT2D eigenvalue weighted by Gasteiger charge is -2.27. The lowest BCUT2D eigenvalue weighted by Crippen LogP contribution is -2.54. The molecule has 3 heterocycles. The molecule has 4 aromatic rings. The number of rotatable bonds is 18. The molecule has 1 saturated carbocycles. The number of imide groups is 2. The van der Waals surface area contributed by atoms with Crippen molar-refractivity contribution in [1.82, 2.24) is 25.5 Å². The third-order valence-electron chi connectivity index (χ3n) is 11.6. The zero-order chi connectivity index (χ0) is 45.2. The van der Waals surface area contributed by atoms with Gasteiger partial charge in [-0.1, -0.05) is 6.07 Å². The predicted octanol–water partition coefficient (Wildman–Crippen LogP) is 5.69. The number of aryl methyl sites for hydroxylation is 1. The Labute approximate surface area is 360 Å². The van der Waals surface area contributed by atoms with Crippen LogP contribution < -0.4 is 36.5 Å². The topological polar surface area (TPSA) is 216 Å². The molecular weight excluding hydrogens is 826 g/mol. The summed E-state index contributed by atoms with van der Waals surface area (Å²) in [6, 6.07) is 10.0. The molecule has 0 spiro atoms. The molecule has 2 fully saturated rings. The highest BCUT2D eigenvalue weighted by atomic mass is 19.4. The van der Waals surface area contributed by atoms with Crippen molar-refractivity contribution < 1.29 is 51.4 Å². The summed E-state index contributed by atoms with van der Waals surface area (Å²) in [6.07, 6.45) is -1.96. The van der Waals surface area contributed by atoms with Gasteiger partial charge in [0, 0.05) is 54.7 Å². The molecule has 1 aromatic heterocycles. The maximum absolute atomic E-state index is 13.6. The van der Waals surface area contributed by atoms with E-state index in [1.54, 1.807) is 45.2 Å². The van der Waals surface area contributed by atoms with Gasteiger partial charge in [-0.15, -0.1) is 0 Å². The summed E-state index contributed by atoms with van der Waals surface area (Å²) in [5, 5.41) is 11.8. The van der Waals surface area contributed by atoms with Gasteiger partial charge >= 0.3 is 6.18 Å². The highest BCUT2D eigenvalue weighted by Crippen LogP contribution is 2.51. The van der Waals surface area contributed by atoms with E-state index in [4.69, 9.17) is 19.9 Å². The fourth-order valence-corrected chi connectivity index (χ4v) is 8.05. The second kappa shape index (κ2) is 18.1. The number of alkyl halides is 3. The van der Waals surface area contributed by atoms with Gasteiger partial charge in [0.05, 0.1) is 54.7 Å². The molecule has 1 aliphatic carbocycles. The fourth-order valence-electron chi connectivity index (χ4n) is 8.05. The normalized spacial score (nSPS) is 17.8. The summed E-state index contributed by atoms with van der Waals surface area (Å²) in [5.74, 6) is -0.865. The van der Waals surface area contributed by atoms with Gasteiger partial charge in [-0.3, -0.25) is 34.2 Å². The van der Waals surface area contributed by atoms with Crippen molar-refractivity contribution in [2.45, 2.75) is 83.2 Å². The number of carbonyl (C=O) groups is 5. The number of nitrogen functional groups attached to an aromatic ring is 1. The zero-order valence-electron chi connectivity index (χ0n) is 35.2. The monoisotopic (exact) mass is 874 g/mol. The van der Waals surface area contributed by atoms with E-state index in [1.165, 1.54) is 19.2 Å². The van der Waals surface area contributed by atoms with Crippen molar-refractivity contribution in [3.63, 3.8) is 0 Å². The van der Waals surface area contributed by atoms with Crippen LogP contribution >= 0.6 is 0 Å². The van der Waals surface area contributed by atoms with Crippen LogP contribution in [0.5, 0.6) is 11.5 Å². The standard InChI is InChI=1S/C44H49F3N8O8/c1-23(25-16-26(44(45,46)47)18-27(48)17-25)51-39-30-19-35(34(61-4)20-32(30)52-24(2)53-39)63-22-43(12-13-43)21-28(8-10-36(56)49-3)62-15-14-50-31-7-5-6-29-38(31)42(60)55(41(29)59)33-9-11-37(57)54-40(33)58/h5-7,16-20,23,28,33,50H,8-15,21-22,48H2,1-4H3,(H,49,56)(H,51,52,53)(H,54,57,58)/t23-,28?,33?/m1/s1. The van der Waals surface area contributed by atoms with Crippen molar-refractivity contribution in [2.75, 3.05) is 50.3 Å². The average molecular weight is 875 g/mol. The fraction of sp³-hybridized carbons (Fsp3) is 0.432. The first kappa shape index (κ1) is 44.6. The lowest BCUT2D eigenvalue weighted by molar-refractivity contribution is -0.138. The van der Waals surface area contributed by atoms with Crippen LogP contribution in [-0.2, 0) is 25.3 Å². The van der Waals surface area contributed by atoms with E-state index in [1.807, 2.05) is 0 Å². The van der Waals surface area contributed by atoms with Crippen LogP contribution in [-0.4, -0.2) is 90.5 Å². The molecule has 334 valence electrons. The second-order valence-corrected chi connectivity index (χ2v) is 16.2. The van der Waals surface area contributed by atoms with Crippen LogP contribution in [0.2, 0.25) is 0 Å². The van der Waals surface area contributed by atoms with E-state index in [0.717, 1.165) is 29.9 Å². The molecular formula is C44H49F3N8O8. The Morgan fingerprint density at radius 3 is 2.54 bits per heavy atom. The molecule has 0 bridgehead atoms. The number of halogens is 3. The van der Waals surface area contributed by atoms with Crippen molar-refractivity contribution in [3.05, 3.63) is 76.6 Å². The molecule has 6 N–H and O–H groups in total. The molecule has 16 nitrogen and oxygen atoms in total. The molecule has 19 heteroatoms. The van der Waals surface area contributed by atoms with Gasteiger partial charge in [0.25, 0.3) is 11.8 Å². The number of carbonyl (C=O) groups excluding carboxylic acids is 5. The summed E-state index contributed by atoms with van der Waals surface area (Å²) in [6.45, 7) is 4.15. The Bertz CT molecular complexity index is 2460. The number of hydrogen-bond acceptors (Lipinski definition) is 13. The Balaban J connectivity index is 1.02. The first-order valence-corrected chi connectivity index (χ1v) is 20.6. The van der Waals surface area contributed by atoms with E-state index in [2.05, 4.69) is 31.2 Å². The Hall–Kier alpha value is -6.50. The first-order valence-electron chi connectivity index (χ1n) is 20.6. The lowest BCUT2D eigenvalue weighted by atomic mass is 9.96. The predicted molar refractivity (Wildman–Crippen MR) is 225 cm³/mol. The number of ether oxygens (including phenoxy) is 3. The van der Waals surface area contributed by atoms with Crippen molar-refractivity contribution >= 4 is 57.6 Å². The summed E-state index contributed by atoms with van der Waals surface area (Å²) in [7, 11) is 3.08. The van der Waals surface area contributed by atoms with Crippen molar-refractivity contribution in [3.8, 4) is 11.5 Å². The largest absolute Gasteiger partial charge is 0.493 e. The molecule has 0 radical (unpaired) electrons. The van der Waals surface area contributed by atoms with Gasteiger partial charge in [-0.05, 0) is 87.9 Å². The highest BCUT2D eigenvalue weighted by Gasteiger charge is 2.47. The number of piperidine rings is 1. The van der Waals surface area contributed by atoms with Crippen LogP contribution in [0, 0.1) is 12.3 Å². The minimum atomic E-state index is -4.57. The number of methoxy groups -OCH3 is 1. The number of amides is 5. The SMILES string of the molecule is CNC(=O)CCC(CC1(COc2cc3c(N[C@H](C)c4cc(N)cc(C(F)(F)F)c4)nc(C)nc3cc2OC)CC1)OCCNc1cccc2c1C(=O)N(C1CCC(=O)NC1=O)C2=O. The number of aromatic nitrogens is 2. The van der Waals surface area contributed by atoms with E-state index >= 15 is 0 Å². The van der Waals surface area contributed by atoms with E-state index in [9.17, 15) is 37.1 Å². The molecule has 3 aliphatic rings. The summed E-state index contributed by atoms with van der Waals surface area (Å²) >= 11 is 0. The van der Waals surface area contributed by atoms with E-state index in [0.29, 0.717) is 58.1 Å². The smallest absolute Gasteiger partial charge is 0.416 e. The van der Waals surface area contributed by atoms with Crippen LogP contribution in [0.4, 0.5) is 30.4 Å². The molecule has 2 aliphatic heterocycles. The molecule has 7 rings (SSSR count). The molecule has 3 aromatic carbocycles. The molecule has 1 saturated heterocycles. The number of nitrogens with two attached hydrogens (primary N) is 1. The number of fused-ring (bicyclic) bond motifs is 2. The van der Waals surface area contributed by atoms with Gasteiger partial charge in [0.15, 0.2) is 11.5 Å². The summed E-state index contributed by atoms with van der Waals surface area (Å²) in [4.78, 5) is 73.5. The van der Waals surface area contributed by atoms with Gasteiger partial charge in [-0.2, -0.15) is 13.2 Å². The summed E-state index contributed by atoms with van der Waals surface area (Å²) in [5.41, 5.74) is 6.25. The third kappa shape index (κ3) is 9.93. The minimum Gasteiger partial charge on any atom is -0.493 e. The molecule has 2 unspecified atom stereocenters. The minimum absolute atomic E-state index is 0.0137. The van der Waals surface area contributed by atoms with Crippen LogP contribution in [0.15, 0.2) is 48.5 Å². The van der Waals surface area contributed by atoms with Crippen LogP contribution in [0.25, 0.3) is 10.9 Å². The second-order valence-electron chi connectivity index (χ2n) is 16.2. The maximum atomic E-state index is 13.6. The first-order chi connectivity index (χ1) is 30.0. The van der Waals surface area contributed by atoms with Gasteiger partial charge in [0.2, 0.25) is 17.7 Å². The number of benzene rings is 3. The summed E-state index contributed by atoms with van der Waals surface area (Å²) < 4.78 is 59.3. The number of nitrogens with zero attached hydrogens (tertiary/aromatic N) is 3. The Morgan fingerprint density at radius 1 is 1.06 bits per heavy atom. The molecule has 3 atom stereocenters. The van der Waals surface area contributed by atoms with E-state index < -0.39 is 47.5 Å². The number of nitrogens with one attached hydrogen (secondary N) is 4. The third-order valence-corrected chi connectivity index (χ3v) is 11.6. The van der Waals surface area contributed by atoms with Gasteiger partial charge < -0.3 is 35.9 Å². The average Bonchev–Trinajstić information content (AvgIpc) is 3.96. The Kier molecular flexibility index (Phi) is 12.8. The quantitative estimate of drug-likeness (QED) is 0.0462. The van der Waals surface area contributed by atoms with Crippen LogP contribution in [0.3, 0.4) is 0 Å². The van der Waals surface area contributed by atoms with E-state index in [-0.39, 0.29) is 73.3 Å². The molecule has 5 amide bonds. The van der Waals surface area contributed by atoms with Crippen molar-refractivity contribution in [2.24, 2.45) is 5.41 Å². The van der Waals surface area contributed by atoms with Gasteiger partial charge in [-0.25, -0.2) is 9.97 Å². The van der Waals surface area contributed by atoms with Crippen LogP contribution in [0.1, 0.15) is 95.6 Å². The van der Waals surface area contributed by atoms with Crippen molar-refractivity contribution in [1.29, 1.82) is 0 Å². The zero-order valence-corrected chi connectivity index (χ0v) is 35.2. The van der Waals surface area contributed by atoms with Gasteiger partial charge in [0.1, 0.15) is 17.7 Å². The molecule has 63 heavy (non-hydrogen) atoms. The highest BCUT2D eigenvalue weighted by molar-refractivity contribution is 6.25.